The minimum atomic E-state index is -4.79. The molecule has 0 radical (unpaired) electrons. The molecule has 16 heteroatoms. The molecule has 0 saturated carbocycles. The van der Waals surface area contributed by atoms with Crippen LogP contribution in [0.3, 0.4) is 0 Å². The summed E-state index contributed by atoms with van der Waals surface area (Å²) in [7, 11) is 0. The molecule has 0 bridgehead atoms. The van der Waals surface area contributed by atoms with Crippen molar-refractivity contribution in [1.82, 2.24) is 40.3 Å². The summed E-state index contributed by atoms with van der Waals surface area (Å²) < 4.78 is 40.1. The van der Waals surface area contributed by atoms with Crippen molar-refractivity contribution >= 4 is 40.7 Å². The summed E-state index contributed by atoms with van der Waals surface area (Å²) in [4.78, 5) is 32.0. The highest BCUT2D eigenvalue weighted by Gasteiger charge is 2.37. The molecule has 0 atom stereocenters. The second-order valence-electron chi connectivity index (χ2n) is 9.59. The fourth-order valence-electron chi connectivity index (χ4n) is 4.28. The number of halogens is 5. The number of nitrogens with one attached hydrogen (secondary N) is 2. The summed E-state index contributed by atoms with van der Waals surface area (Å²) in [5.41, 5.74) is 2.74. The van der Waals surface area contributed by atoms with E-state index in [1.165, 1.54) is 24.4 Å². The molecular formula is C28H22Cl2F3N9O2. The SMILES string of the molecule is Cc1ccccc1CNC(=O)c1cc(Cl)cc(C)c1NC(=O)c1cc(Cn2nnc(C(F)(F)F)n2)nn1-c1ncccc1Cl. The van der Waals surface area contributed by atoms with E-state index in [0.29, 0.717) is 10.4 Å². The molecule has 0 fully saturated rings. The van der Waals surface area contributed by atoms with Gasteiger partial charge in [0.05, 0.1) is 22.0 Å². The number of nitrogens with zero attached hydrogens (tertiary/aromatic N) is 7. The van der Waals surface area contributed by atoms with Gasteiger partial charge in [0.2, 0.25) is 0 Å². The minimum Gasteiger partial charge on any atom is -0.348 e. The zero-order valence-electron chi connectivity index (χ0n) is 23.0. The molecule has 5 rings (SSSR count). The van der Waals surface area contributed by atoms with Gasteiger partial charge in [-0.25, -0.2) is 9.67 Å². The Morgan fingerprint density at radius 3 is 2.43 bits per heavy atom. The zero-order chi connectivity index (χ0) is 31.6. The highest BCUT2D eigenvalue weighted by atomic mass is 35.5. The van der Waals surface area contributed by atoms with Crippen LogP contribution in [0.4, 0.5) is 18.9 Å². The molecule has 0 saturated heterocycles. The lowest BCUT2D eigenvalue weighted by atomic mass is 10.1. The maximum Gasteiger partial charge on any atom is 0.455 e. The highest BCUT2D eigenvalue weighted by molar-refractivity contribution is 6.32. The zero-order valence-corrected chi connectivity index (χ0v) is 24.5. The number of aromatic nitrogens is 7. The van der Waals surface area contributed by atoms with E-state index in [1.54, 1.807) is 19.1 Å². The van der Waals surface area contributed by atoms with Gasteiger partial charge in [0.15, 0.2) is 5.82 Å². The van der Waals surface area contributed by atoms with Crippen molar-refractivity contribution in [2.75, 3.05) is 5.32 Å². The summed E-state index contributed by atoms with van der Waals surface area (Å²) in [6, 6.07) is 15.0. The van der Waals surface area contributed by atoms with Crippen LogP contribution in [0.1, 0.15) is 49.1 Å². The van der Waals surface area contributed by atoms with Crippen molar-refractivity contribution in [3.8, 4) is 5.82 Å². The average Bonchev–Trinajstić information content (AvgIpc) is 3.62. The first kappa shape index (κ1) is 30.6. The number of hydrogen-bond donors (Lipinski definition) is 2. The van der Waals surface area contributed by atoms with E-state index >= 15 is 0 Å². The quantitative estimate of drug-likeness (QED) is 0.230. The molecule has 0 aliphatic carbocycles. The lowest BCUT2D eigenvalue weighted by Crippen LogP contribution is -2.26. The second kappa shape index (κ2) is 12.4. The maximum absolute atomic E-state index is 13.8. The van der Waals surface area contributed by atoms with Gasteiger partial charge < -0.3 is 10.6 Å². The summed E-state index contributed by atoms with van der Waals surface area (Å²) in [5.74, 6) is -2.54. The van der Waals surface area contributed by atoms with E-state index in [1.807, 2.05) is 31.2 Å². The van der Waals surface area contributed by atoms with Crippen molar-refractivity contribution in [2.45, 2.75) is 33.1 Å². The maximum atomic E-state index is 13.8. The van der Waals surface area contributed by atoms with Crippen LogP contribution in [0.15, 0.2) is 60.8 Å². The van der Waals surface area contributed by atoms with Crippen LogP contribution in [0, 0.1) is 13.8 Å². The molecule has 5 aromatic rings. The van der Waals surface area contributed by atoms with Gasteiger partial charge in [-0.05, 0) is 66.1 Å². The number of tetrazole rings is 1. The van der Waals surface area contributed by atoms with E-state index in [-0.39, 0.29) is 51.6 Å². The number of carbonyl (C=O) groups excluding carboxylic acids is 2. The highest BCUT2D eigenvalue weighted by Crippen LogP contribution is 2.28. The lowest BCUT2D eigenvalue weighted by Gasteiger charge is -2.16. The van der Waals surface area contributed by atoms with E-state index in [4.69, 9.17) is 23.2 Å². The standard InChI is InChI=1S/C28H22Cl2F3N9O2/c1-15-6-3-4-7-17(15)13-35-25(43)20-11-18(29)10-16(2)23(20)36-26(44)22-12-19(14-41-39-27(37-40-41)28(31,32)33)38-42(22)24-21(30)8-5-9-34-24/h3-12H,13-14H2,1-2H3,(H,35,43)(H,36,44). The number of aryl methyl sites for hydroxylation is 2. The van der Waals surface area contributed by atoms with Crippen molar-refractivity contribution < 1.29 is 22.8 Å². The van der Waals surface area contributed by atoms with Gasteiger partial charge in [0.1, 0.15) is 12.2 Å². The summed E-state index contributed by atoms with van der Waals surface area (Å²) in [6.07, 6.45) is -3.36. The van der Waals surface area contributed by atoms with E-state index < -0.39 is 23.8 Å². The van der Waals surface area contributed by atoms with E-state index in [9.17, 15) is 22.8 Å². The Hall–Kier alpha value is -4.82. The van der Waals surface area contributed by atoms with Crippen LogP contribution < -0.4 is 10.6 Å². The van der Waals surface area contributed by atoms with Crippen molar-refractivity contribution in [3.63, 3.8) is 0 Å². The van der Waals surface area contributed by atoms with Crippen molar-refractivity contribution in [3.05, 3.63) is 110 Å². The van der Waals surface area contributed by atoms with Crippen LogP contribution in [0.2, 0.25) is 10.0 Å². The summed E-state index contributed by atoms with van der Waals surface area (Å²) >= 11 is 12.6. The van der Waals surface area contributed by atoms with Gasteiger partial charge >= 0.3 is 6.18 Å². The molecule has 11 nitrogen and oxygen atoms in total. The van der Waals surface area contributed by atoms with Gasteiger partial charge in [0.25, 0.3) is 17.6 Å². The Morgan fingerprint density at radius 2 is 1.73 bits per heavy atom. The molecule has 44 heavy (non-hydrogen) atoms. The predicted molar refractivity (Wildman–Crippen MR) is 155 cm³/mol. The monoisotopic (exact) mass is 643 g/mol. The molecule has 0 unspecified atom stereocenters. The number of carbonyl (C=O) groups is 2. The normalized spacial score (nSPS) is 11.4. The fraction of sp³-hybridized carbons (Fsp3) is 0.179. The van der Waals surface area contributed by atoms with Crippen molar-refractivity contribution in [2.24, 2.45) is 0 Å². The Bertz CT molecular complexity index is 1870. The predicted octanol–water partition coefficient (Wildman–Crippen LogP) is 5.43. The molecule has 3 aromatic heterocycles. The molecular weight excluding hydrogens is 622 g/mol. The fourth-order valence-corrected chi connectivity index (χ4v) is 4.75. The second-order valence-corrected chi connectivity index (χ2v) is 10.4. The third-order valence-corrected chi connectivity index (χ3v) is 6.94. The number of rotatable bonds is 8. The van der Waals surface area contributed by atoms with Crippen molar-refractivity contribution in [1.29, 1.82) is 0 Å². The largest absolute Gasteiger partial charge is 0.455 e. The molecule has 0 aliphatic heterocycles. The van der Waals surface area contributed by atoms with Crippen LogP contribution in [-0.2, 0) is 19.3 Å². The van der Waals surface area contributed by atoms with Gasteiger partial charge in [0, 0.05) is 17.8 Å². The third-order valence-electron chi connectivity index (χ3n) is 6.43. The Morgan fingerprint density at radius 1 is 0.955 bits per heavy atom. The van der Waals surface area contributed by atoms with Crippen LogP contribution in [-0.4, -0.2) is 46.8 Å². The number of alkyl halides is 3. The summed E-state index contributed by atoms with van der Waals surface area (Å²) in [6.45, 7) is 3.49. The lowest BCUT2D eigenvalue weighted by molar-refractivity contribution is -0.145. The minimum absolute atomic E-state index is 0.0807. The third kappa shape index (κ3) is 6.71. The first-order valence-electron chi connectivity index (χ1n) is 12.9. The number of pyridine rings is 1. The molecule has 2 aromatic carbocycles. The van der Waals surface area contributed by atoms with Gasteiger partial charge in [-0.3, -0.25) is 9.59 Å². The molecule has 0 aliphatic rings. The van der Waals surface area contributed by atoms with Crippen LogP contribution in [0.25, 0.3) is 5.82 Å². The Kier molecular flexibility index (Phi) is 8.65. The first-order chi connectivity index (χ1) is 20.9. The Balaban J connectivity index is 1.47. The molecule has 226 valence electrons. The van der Waals surface area contributed by atoms with Gasteiger partial charge in [-0.15, -0.1) is 10.2 Å². The van der Waals surface area contributed by atoms with E-state index in [2.05, 4.69) is 36.1 Å². The van der Waals surface area contributed by atoms with Gasteiger partial charge in [-0.2, -0.15) is 23.1 Å². The Labute approximate surface area is 258 Å². The molecule has 2 N–H and O–H groups in total. The van der Waals surface area contributed by atoms with E-state index in [0.717, 1.165) is 15.8 Å². The van der Waals surface area contributed by atoms with Gasteiger partial charge in [-0.1, -0.05) is 47.5 Å². The van der Waals surface area contributed by atoms with Crippen LogP contribution in [0.5, 0.6) is 0 Å². The van der Waals surface area contributed by atoms with Crippen LogP contribution >= 0.6 is 23.2 Å². The average molecular weight is 644 g/mol. The number of benzene rings is 2. The molecule has 2 amide bonds. The molecule has 3 heterocycles. The topological polar surface area (TPSA) is 133 Å². The number of amides is 2. The molecule has 0 spiro atoms. The number of hydrogen-bond acceptors (Lipinski definition) is 7. The summed E-state index contributed by atoms with van der Waals surface area (Å²) in [5, 5.41) is 20.2. The number of anilines is 1. The smallest absolute Gasteiger partial charge is 0.348 e. The first-order valence-corrected chi connectivity index (χ1v) is 13.7.